The standard InChI is InChI=1S/C24H30N6O4S/c31-23(26-20-8-4-9-21(16-20)35(33,34)29-22-10-5-13-25-22)17-30-14-11-19(12-15-30)28-24(32)27-18-6-2-1-3-7-18/h1-4,6-9,16,19H,5,10-15,17H2,(H,25,29)(H,26,31)(H2,27,28,32). The molecule has 186 valence electrons. The van der Waals surface area contributed by atoms with Gasteiger partial charge in [-0.3, -0.25) is 19.4 Å². The summed E-state index contributed by atoms with van der Waals surface area (Å²) in [4.78, 5) is 31.0. The van der Waals surface area contributed by atoms with Gasteiger partial charge < -0.3 is 16.0 Å². The predicted octanol–water partition coefficient (Wildman–Crippen LogP) is 2.38. The second kappa shape index (κ2) is 11.3. The van der Waals surface area contributed by atoms with E-state index in [4.69, 9.17) is 0 Å². The minimum atomic E-state index is -3.75. The minimum absolute atomic E-state index is 0.0388. The number of hydrogen-bond donors (Lipinski definition) is 4. The number of hydrogen-bond acceptors (Lipinski definition) is 6. The van der Waals surface area contributed by atoms with Gasteiger partial charge in [0.2, 0.25) is 5.91 Å². The number of rotatable bonds is 7. The zero-order valence-electron chi connectivity index (χ0n) is 19.4. The number of urea groups is 1. The van der Waals surface area contributed by atoms with Crippen LogP contribution >= 0.6 is 0 Å². The fourth-order valence-electron chi connectivity index (χ4n) is 4.09. The Bertz CT molecular complexity index is 1180. The van der Waals surface area contributed by atoms with Gasteiger partial charge in [0.25, 0.3) is 10.0 Å². The summed E-state index contributed by atoms with van der Waals surface area (Å²) in [6, 6.07) is 15.2. The van der Waals surface area contributed by atoms with Crippen molar-refractivity contribution < 1.29 is 18.0 Å². The fourth-order valence-corrected chi connectivity index (χ4v) is 5.23. The SMILES string of the molecule is O=C(CN1CCC(NC(=O)Nc2ccccc2)CC1)Nc1cccc(S(=O)(=O)NC2=NCCC2)c1. The van der Waals surface area contributed by atoms with Crippen LogP contribution in [0.5, 0.6) is 0 Å². The molecule has 3 amide bonds. The second-order valence-corrected chi connectivity index (χ2v) is 10.3. The number of nitrogens with one attached hydrogen (secondary N) is 4. The van der Waals surface area contributed by atoms with Gasteiger partial charge in [0, 0.05) is 43.5 Å². The first-order valence-corrected chi connectivity index (χ1v) is 13.2. The molecule has 0 aromatic heterocycles. The molecule has 2 aliphatic rings. The summed E-state index contributed by atoms with van der Waals surface area (Å²) in [5.41, 5.74) is 1.15. The van der Waals surface area contributed by atoms with Crippen molar-refractivity contribution in [2.24, 2.45) is 4.99 Å². The number of carbonyl (C=O) groups excluding carboxylic acids is 2. The van der Waals surface area contributed by atoms with Crippen LogP contribution in [0, 0.1) is 0 Å². The van der Waals surface area contributed by atoms with E-state index in [1.165, 1.54) is 12.1 Å². The number of carbonyl (C=O) groups is 2. The first-order valence-electron chi connectivity index (χ1n) is 11.7. The molecule has 1 saturated heterocycles. The smallest absolute Gasteiger partial charge is 0.319 e. The molecule has 0 saturated carbocycles. The van der Waals surface area contributed by atoms with Crippen molar-refractivity contribution in [2.75, 3.05) is 36.8 Å². The highest BCUT2D eigenvalue weighted by Crippen LogP contribution is 2.17. The molecule has 35 heavy (non-hydrogen) atoms. The number of sulfonamides is 1. The second-order valence-electron chi connectivity index (χ2n) is 8.63. The van der Waals surface area contributed by atoms with Crippen LogP contribution in [0.4, 0.5) is 16.2 Å². The lowest BCUT2D eigenvalue weighted by Crippen LogP contribution is -2.47. The number of amides is 3. The summed E-state index contributed by atoms with van der Waals surface area (Å²) < 4.78 is 27.7. The van der Waals surface area contributed by atoms with E-state index in [1.807, 2.05) is 35.2 Å². The van der Waals surface area contributed by atoms with Crippen LogP contribution in [-0.4, -0.2) is 63.3 Å². The van der Waals surface area contributed by atoms with Gasteiger partial charge in [0.1, 0.15) is 5.84 Å². The third kappa shape index (κ3) is 7.27. The zero-order chi connectivity index (χ0) is 24.7. The van der Waals surface area contributed by atoms with E-state index < -0.39 is 10.0 Å². The van der Waals surface area contributed by atoms with E-state index in [-0.39, 0.29) is 29.4 Å². The quantitative estimate of drug-likeness (QED) is 0.465. The van der Waals surface area contributed by atoms with Crippen molar-refractivity contribution in [3.05, 3.63) is 54.6 Å². The van der Waals surface area contributed by atoms with Crippen LogP contribution in [0.3, 0.4) is 0 Å². The molecule has 0 spiro atoms. The van der Waals surface area contributed by atoms with Crippen LogP contribution < -0.4 is 20.7 Å². The average Bonchev–Trinajstić information content (AvgIpc) is 3.33. The molecule has 2 aromatic carbocycles. The lowest BCUT2D eigenvalue weighted by molar-refractivity contribution is -0.117. The van der Waals surface area contributed by atoms with Gasteiger partial charge in [-0.2, -0.15) is 0 Å². The van der Waals surface area contributed by atoms with Crippen LogP contribution in [0.25, 0.3) is 0 Å². The van der Waals surface area contributed by atoms with Crippen molar-refractivity contribution >= 4 is 39.2 Å². The number of piperidine rings is 1. The third-order valence-corrected chi connectivity index (χ3v) is 7.26. The molecular weight excluding hydrogens is 468 g/mol. The molecular formula is C24H30N6O4S. The van der Waals surface area contributed by atoms with E-state index in [9.17, 15) is 18.0 Å². The lowest BCUT2D eigenvalue weighted by atomic mass is 10.1. The Morgan fingerprint density at radius 2 is 1.71 bits per heavy atom. The maximum Gasteiger partial charge on any atom is 0.319 e. The highest BCUT2D eigenvalue weighted by atomic mass is 32.2. The van der Waals surface area contributed by atoms with E-state index >= 15 is 0 Å². The van der Waals surface area contributed by atoms with E-state index in [1.54, 1.807) is 12.1 Å². The van der Waals surface area contributed by atoms with Gasteiger partial charge in [-0.15, -0.1) is 0 Å². The molecule has 11 heteroatoms. The fraction of sp³-hybridized carbons (Fsp3) is 0.375. The lowest BCUT2D eigenvalue weighted by Gasteiger charge is -2.31. The maximum absolute atomic E-state index is 12.6. The Kier molecular flexibility index (Phi) is 7.98. The Morgan fingerprint density at radius 1 is 0.971 bits per heavy atom. The molecule has 4 rings (SSSR count). The monoisotopic (exact) mass is 498 g/mol. The summed E-state index contributed by atoms with van der Waals surface area (Å²) in [5.74, 6) is 0.246. The minimum Gasteiger partial charge on any atom is -0.335 e. The van der Waals surface area contributed by atoms with E-state index in [0.29, 0.717) is 37.6 Å². The summed E-state index contributed by atoms with van der Waals surface area (Å²) in [7, 11) is -3.75. The molecule has 10 nitrogen and oxygen atoms in total. The molecule has 4 N–H and O–H groups in total. The first-order chi connectivity index (χ1) is 16.9. The average molecular weight is 499 g/mol. The number of amidine groups is 1. The Balaban J connectivity index is 1.22. The maximum atomic E-state index is 12.6. The van der Waals surface area contributed by atoms with E-state index in [2.05, 4.69) is 25.7 Å². The van der Waals surface area contributed by atoms with E-state index in [0.717, 1.165) is 24.9 Å². The molecule has 0 aliphatic carbocycles. The highest BCUT2D eigenvalue weighted by Gasteiger charge is 2.23. The Morgan fingerprint density at radius 3 is 2.43 bits per heavy atom. The van der Waals surface area contributed by atoms with Crippen LogP contribution in [0.1, 0.15) is 25.7 Å². The molecule has 0 radical (unpaired) electrons. The van der Waals surface area contributed by atoms with Crippen LogP contribution in [-0.2, 0) is 14.8 Å². The van der Waals surface area contributed by atoms with Crippen molar-refractivity contribution in [1.82, 2.24) is 14.9 Å². The Labute approximate surface area is 205 Å². The summed E-state index contributed by atoms with van der Waals surface area (Å²) in [6.07, 6.45) is 2.92. The number of likely N-dealkylation sites (tertiary alicyclic amines) is 1. The molecule has 2 aliphatic heterocycles. The normalized spacial score (nSPS) is 16.9. The number of aliphatic imine (C=N–C) groups is 1. The van der Waals surface area contributed by atoms with Crippen molar-refractivity contribution in [3.8, 4) is 0 Å². The number of nitrogens with zero attached hydrogens (tertiary/aromatic N) is 2. The van der Waals surface area contributed by atoms with Gasteiger partial charge in [-0.25, -0.2) is 13.2 Å². The number of benzene rings is 2. The van der Waals surface area contributed by atoms with Gasteiger partial charge in [0.15, 0.2) is 0 Å². The largest absolute Gasteiger partial charge is 0.335 e. The molecule has 1 fully saturated rings. The summed E-state index contributed by atoms with van der Waals surface area (Å²) >= 11 is 0. The van der Waals surface area contributed by atoms with Gasteiger partial charge >= 0.3 is 6.03 Å². The zero-order valence-corrected chi connectivity index (χ0v) is 20.2. The van der Waals surface area contributed by atoms with Crippen LogP contribution in [0.15, 0.2) is 64.5 Å². The highest BCUT2D eigenvalue weighted by molar-refractivity contribution is 7.90. The summed E-state index contributed by atoms with van der Waals surface area (Å²) in [6.45, 7) is 2.16. The molecule has 2 aromatic rings. The molecule has 0 bridgehead atoms. The van der Waals surface area contributed by atoms with Gasteiger partial charge in [-0.1, -0.05) is 24.3 Å². The number of para-hydroxylation sites is 1. The van der Waals surface area contributed by atoms with Gasteiger partial charge in [-0.05, 0) is 49.6 Å². The molecule has 2 heterocycles. The molecule has 0 unspecified atom stereocenters. The van der Waals surface area contributed by atoms with Crippen molar-refractivity contribution in [1.29, 1.82) is 0 Å². The van der Waals surface area contributed by atoms with Crippen LogP contribution in [0.2, 0.25) is 0 Å². The predicted molar refractivity (Wildman–Crippen MR) is 135 cm³/mol. The number of anilines is 2. The van der Waals surface area contributed by atoms with Crippen molar-refractivity contribution in [2.45, 2.75) is 36.6 Å². The topological polar surface area (TPSA) is 132 Å². The molecule has 0 atom stereocenters. The van der Waals surface area contributed by atoms with Gasteiger partial charge in [0.05, 0.1) is 11.4 Å². The Hall–Kier alpha value is -3.44. The third-order valence-electron chi connectivity index (χ3n) is 5.88. The summed E-state index contributed by atoms with van der Waals surface area (Å²) in [5, 5.41) is 8.58. The van der Waals surface area contributed by atoms with Crippen molar-refractivity contribution in [3.63, 3.8) is 0 Å². The first kappa shape index (κ1) is 24.7.